The molecule has 0 atom stereocenters. The summed E-state index contributed by atoms with van der Waals surface area (Å²) >= 11 is 5.23. The highest BCUT2D eigenvalue weighted by atomic mass is 79.9. The van der Waals surface area contributed by atoms with E-state index in [-0.39, 0.29) is 0 Å². The lowest BCUT2D eigenvalue weighted by molar-refractivity contribution is 0.469. The second kappa shape index (κ2) is 6.87. The van der Waals surface area contributed by atoms with Gasteiger partial charge in [0, 0.05) is 27.2 Å². The number of hydrogen-bond donors (Lipinski definition) is 2. The van der Waals surface area contributed by atoms with E-state index >= 15 is 0 Å². The lowest BCUT2D eigenvalue weighted by Crippen LogP contribution is -2.01. The summed E-state index contributed by atoms with van der Waals surface area (Å²) in [7, 11) is 0. The molecule has 0 aliphatic rings. The molecule has 0 aliphatic carbocycles. The third kappa shape index (κ3) is 3.91. The van der Waals surface area contributed by atoms with E-state index in [1.807, 2.05) is 36.0 Å². The molecule has 2 rings (SSSR count). The zero-order valence-electron chi connectivity index (χ0n) is 10.7. The number of phenols is 1. The van der Waals surface area contributed by atoms with E-state index in [1.165, 1.54) is 4.90 Å². The van der Waals surface area contributed by atoms with Gasteiger partial charge < -0.3 is 10.4 Å². The van der Waals surface area contributed by atoms with Gasteiger partial charge in [-0.2, -0.15) is 0 Å². The van der Waals surface area contributed by atoms with Crippen LogP contribution in [0.15, 0.2) is 51.8 Å². The molecule has 0 radical (unpaired) electrons. The first-order chi connectivity index (χ1) is 9.20. The average molecular weight is 338 g/mol. The lowest BCUT2D eigenvalue weighted by Gasteiger charge is -2.12. The van der Waals surface area contributed by atoms with E-state index in [9.17, 15) is 5.11 Å². The van der Waals surface area contributed by atoms with Gasteiger partial charge in [0.2, 0.25) is 0 Å². The van der Waals surface area contributed by atoms with Gasteiger partial charge in [-0.05, 0) is 36.1 Å². The molecule has 0 amide bonds. The van der Waals surface area contributed by atoms with Crippen molar-refractivity contribution in [2.45, 2.75) is 18.4 Å². The van der Waals surface area contributed by atoms with Crippen LogP contribution in [0.2, 0.25) is 0 Å². The Morgan fingerprint density at radius 2 is 2.00 bits per heavy atom. The molecule has 0 aliphatic heterocycles. The Labute approximate surface area is 126 Å². The molecule has 0 aromatic heterocycles. The first-order valence-corrected chi connectivity index (χ1v) is 7.91. The number of thioether (sulfide) groups is 1. The molecule has 2 N–H and O–H groups in total. The van der Waals surface area contributed by atoms with Crippen molar-refractivity contribution in [2.75, 3.05) is 11.1 Å². The summed E-state index contributed by atoms with van der Waals surface area (Å²) in [4.78, 5) is 1.24. The molecule has 2 nitrogen and oxygen atoms in total. The normalized spacial score (nSPS) is 10.4. The van der Waals surface area contributed by atoms with E-state index in [4.69, 9.17) is 0 Å². The summed E-state index contributed by atoms with van der Waals surface area (Å²) in [5.74, 6) is 1.36. The SMILES string of the molecule is CCSc1ccccc1NCc1cc(Br)ccc1O. The molecule has 0 heterocycles. The Hall–Kier alpha value is -1.13. The number of aromatic hydroxyl groups is 1. The fourth-order valence-corrected chi connectivity index (χ4v) is 2.97. The van der Waals surface area contributed by atoms with Gasteiger partial charge in [-0.3, -0.25) is 0 Å². The number of hydrogen-bond acceptors (Lipinski definition) is 3. The smallest absolute Gasteiger partial charge is 0.120 e. The molecule has 100 valence electrons. The van der Waals surface area contributed by atoms with Gasteiger partial charge in [0.15, 0.2) is 0 Å². The summed E-state index contributed by atoms with van der Waals surface area (Å²) in [5, 5.41) is 13.2. The van der Waals surface area contributed by atoms with Crippen molar-refractivity contribution < 1.29 is 5.11 Å². The topological polar surface area (TPSA) is 32.3 Å². The highest BCUT2D eigenvalue weighted by Gasteiger charge is 2.04. The summed E-state index contributed by atoms with van der Waals surface area (Å²) in [5.41, 5.74) is 1.99. The first-order valence-electron chi connectivity index (χ1n) is 6.13. The molecule has 19 heavy (non-hydrogen) atoms. The molecule has 2 aromatic rings. The van der Waals surface area contributed by atoms with Crippen LogP contribution in [0, 0.1) is 0 Å². The van der Waals surface area contributed by atoms with Crippen LogP contribution in [0.1, 0.15) is 12.5 Å². The van der Waals surface area contributed by atoms with Gasteiger partial charge >= 0.3 is 0 Å². The monoisotopic (exact) mass is 337 g/mol. The number of nitrogens with one attached hydrogen (secondary N) is 1. The molecule has 0 spiro atoms. The van der Waals surface area contributed by atoms with Gasteiger partial charge in [0.05, 0.1) is 0 Å². The molecular formula is C15H16BrNOS. The molecule has 0 unspecified atom stereocenters. The van der Waals surface area contributed by atoms with Crippen LogP contribution in [0.4, 0.5) is 5.69 Å². The largest absolute Gasteiger partial charge is 0.508 e. The quantitative estimate of drug-likeness (QED) is 0.762. The number of benzene rings is 2. The maximum atomic E-state index is 9.82. The number of phenolic OH excluding ortho intramolecular Hbond substituents is 1. The van der Waals surface area contributed by atoms with Gasteiger partial charge in [-0.1, -0.05) is 35.0 Å². The van der Waals surface area contributed by atoms with Crippen molar-refractivity contribution in [2.24, 2.45) is 0 Å². The van der Waals surface area contributed by atoms with Crippen molar-refractivity contribution in [3.8, 4) is 5.75 Å². The molecule has 0 bridgehead atoms. The number of para-hydroxylation sites is 1. The number of rotatable bonds is 5. The van der Waals surface area contributed by atoms with Gasteiger partial charge in [0.1, 0.15) is 5.75 Å². The fraction of sp³-hybridized carbons (Fsp3) is 0.200. The maximum absolute atomic E-state index is 9.82. The Morgan fingerprint density at radius 3 is 2.79 bits per heavy atom. The van der Waals surface area contributed by atoms with Crippen LogP contribution in [-0.2, 0) is 6.54 Å². The molecule has 4 heteroatoms. The van der Waals surface area contributed by atoms with E-state index in [2.05, 4.69) is 40.3 Å². The highest BCUT2D eigenvalue weighted by Crippen LogP contribution is 2.28. The Bertz CT molecular complexity index is 560. The number of anilines is 1. The predicted octanol–water partition coefficient (Wildman–Crippen LogP) is 4.88. The minimum atomic E-state index is 0.316. The lowest BCUT2D eigenvalue weighted by atomic mass is 10.2. The molecule has 0 saturated carbocycles. The van der Waals surface area contributed by atoms with Crippen molar-refractivity contribution >= 4 is 33.4 Å². The van der Waals surface area contributed by atoms with E-state index in [0.29, 0.717) is 12.3 Å². The summed E-state index contributed by atoms with van der Waals surface area (Å²) in [6, 6.07) is 13.7. The van der Waals surface area contributed by atoms with Crippen LogP contribution < -0.4 is 5.32 Å². The second-order valence-corrected chi connectivity index (χ2v) is 6.28. The zero-order valence-corrected chi connectivity index (χ0v) is 13.1. The van der Waals surface area contributed by atoms with Crippen LogP contribution in [0.25, 0.3) is 0 Å². The molecule has 0 saturated heterocycles. The second-order valence-electron chi connectivity index (χ2n) is 4.06. The minimum Gasteiger partial charge on any atom is -0.508 e. The minimum absolute atomic E-state index is 0.316. The fourth-order valence-electron chi connectivity index (χ4n) is 1.78. The van der Waals surface area contributed by atoms with E-state index in [0.717, 1.165) is 21.5 Å². The molecular weight excluding hydrogens is 322 g/mol. The highest BCUT2D eigenvalue weighted by molar-refractivity contribution is 9.10. The van der Waals surface area contributed by atoms with Crippen molar-refractivity contribution in [1.29, 1.82) is 0 Å². The summed E-state index contributed by atoms with van der Waals surface area (Å²) < 4.78 is 0.971. The Kier molecular flexibility index (Phi) is 5.16. The summed E-state index contributed by atoms with van der Waals surface area (Å²) in [6.45, 7) is 2.74. The zero-order chi connectivity index (χ0) is 13.7. The van der Waals surface area contributed by atoms with E-state index in [1.54, 1.807) is 6.07 Å². The predicted molar refractivity (Wildman–Crippen MR) is 86.0 cm³/mol. The van der Waals surface area contributed by atoms with Crippen molar-refractivity contribution in [3.05, 3.63) is 52.5 Å². The number of halogens is 1. The standard InChI is InChI=1S/C15H16BrNOS/c1-2-19-15-6-4-3-5-13(15)17-10-11-9-12(16)7-8-14(11)18/h3-9,17-18H,2,10H2,1H3. The third-order valence-corrected chi connectivity index (χ3v) is 4.15. The van der Waals surface area contributed by atoms with Gasteiger partial charge in [-0.15, -0.1) is 11.8 Å². The van der Waals surface area contributed by atoms with Crippen molar-refractivity contribution in [3.63, 3.8) is 0 Å². The van der Waals surface area contributed by atoms with Crippen LogP contribution in [-0.4, -0.2) is 10.9 Å². The van der Waals surface area contributed by atoms with E-state index < -0.39 is 0 Å². The Balaban J connectivity index is 2.12. The maximum Gasteiger partial charge on any atom is 0.120 e. The summed E-state index contributed by atoms with van der Waals surface area (Å²) in [6.07, 6.45) is 0. The van der Waals surface area contributed by atoms with Gasteiger partial charge in [-0.25, -0.2) is 0 Å². The van der Waals surface area contributed by atoms with Crippen LogP contribution >= 0.6 is 27.7 Å². The van der Waals surface area contributed by atoms with Gasteiger partial charge in [0.25, 0.3) is 0 Å². The molecule has 2 aromatic carbocycles. The third-order valence-electron chi connectivity index (χ3n) is 2.70. The first kappa shape index (κ1) is 14.3. The average Bonchev–Trinajstić information content (AvgIpc) is 2.42. The van der Waals surface area contributed by atoms with Crippen molar-refractivity contribution in [1.82, 2.24) is 0 Å². The van der Waals surface area contributed by atoms with Crippen LogP contribution in [0.5, 0.6) is 5.75 Å². The molecule has 0 fully saturated rings. The van der Waals surface area contributed by atoms with Crippen LogP contribution in [0.3, 0.4) is 0 Å². The Morgan fingerprint density at radius 1 is 1.21 bits per heavy atom.